The zero-order chi connectivity index (χ0) is 25.4. The van der Waals surface area contributed by atoms with Gasteiger partial charge in [0.1, 0.15) is 0 Å². The third-order valence-corrected chi connectivity index (χ3v) is 6.70. The minimum atomic E-state index is -1.01. The number of hydrogen-bond acceptors (Lipinski definition) is 5. The van der Waals surface area contributed by atoms with Crippen molar-refractivity contribution in [2.24, 2.45) is 5.10 Å². The van der Waals surface area contributed by atoms with E-state index in [2.05, 4.69) is 56.5 Å². The molecule has 2 aromatic heterocycles. The lowest BCUT2D eigenvalue weighted by Crippen LogP contribution is -2.27. The molecule has 182 valence electrons. The van der Waals surface area contributed by atoms with Crippen LogP contribution >= 0.6 is 0 Å². The molecule has 1 aliphatic rings. The summed E-state index contributed by atoms with van der Waals surface area (Å²) in [5.74, 6) is -1.33. The van der Waals surface area contributed by atoms with Crippen molar-refractivity contribution in [1.82, 2.24) is 20.0 Å². The molecule has 0 spiro atoms. The van der Waals surface area contributed by atoms with E-state index in [0.29, 0.717) is 6.42 Å². The fourth-order valence-corrected chi connectivity index (χ4v) is 4.78. The number of carboxylic acids is 1. The van der Waals surface area contributed by atoms with Crippen LogP contribution in [-0.4, -0.2) is 42.7 Å². The van der Waals surface area contributed by atoms with Gasteiger partial charge in [-0.2, -0.15) is 5.10 Å². The molecular formula is C29H23N5O3. The molecular weight excluding hydrogens is 466 g/mol. The third-order valence-electron chi connectivity index (χ3n) is 6.70. The second kappa shape index (κ2) is 9.31. The maximum absolute atomic E-state index is 13.0. The highest BCUT2D eigenvalue weighted by Gasteiger charge is 2.33. The summed E-state index contributed by atoms with van der Waals surface area (Å²) in [4.78, 5) is 36.0. The highest BCUT2D eigenvalue weighted by Crippen LogP contribution is 2.35. The topological polar surface area (TPSA) is 112 Å². The summed E-state index contributed by atoms with van der Waals surface area (Å²) >= 11 is 0. The van der Waals surface area contributed by atoms with Crippen molar-refractivity contribution in [1.29, 1.82) is 0 Å². The van der Waals surface area contributed by atoms with E-state index in [4.69, 9.17) is 5.11 Å². The van der Waals surface area contributed by atoms with Crippen molar-refractivity contribution in [2.75, 3.05) is 0 Å². The monoisotopic (exact) mass is 489 g/mol. The number of hydrazone groups is 1. The van der Waals surface area contributed by atoms with Gasteiger partial charge in [0, 0.05) is 36.9 Å². The smallest absolute Gasteiger partial charge is 0.303 e. The van der Waals surface area contributed by atoms with Crippen molar-refractivity contribution in [3.8, 4) is 11.1 Å². The van der Waals surface area contributed by atoms with Gasteiger partial charge in [-0.3, -0.25) is 19.6 Å². The highest BCUT2D eigenvalue weighted by atomic mass is 16.4. The van der Waals surface area contributed by atoms with Crippen molar-refractivity contribution >= 4 is 39.5 Å². The van der Waals surface area contributed by atoms with Crippen LogP contribution in [0, 0.1) is 0 Å². The Morgan fingerprint density at radius 1 is 0.865 bits per heavy atom. The van der Waals surface area contributed by atoms with E-state index in [1.807, 2.05) is 36.5 Å². The molecule has 0 saturated heterocycles. The van der Waals surface area contributed by atoms with Crippen LogP contribution in [0.25, 0.3) is 33.1 Å². The third kappa shape index (κ3) is 4.45. The van der Waals surface area contributed by atoms with Gasteiger partial charge in [-0.05, 0) is 58.0 Å². The average Bonchev–Trinajstić information content (AvgIpc) is 3.59. The minimum Gasteiger partial charge on any atom is -0.481 e. The fraction of sp³-hybridized carbons (Fsp3) is 0.138. The zero-order valence-electron chi connectivity index (χ0n) is 19.8. The Morgan fingerprint density at radius 3 is 2.43 bits per heavy atom. The quantitative estimate of drug-likeness (QED) is 0.335. The maximum atomic E-state index is 13.0. The Morgan fingerprint density at radius 2 is 1.62 bits per heavy atom. The first-order chi connectivity index (χ1) is 18.0. The van der Waals surface area contributed by atoms with E-state index in [1.165, 1.54) is 5.01 Å². The minimum absolute atomic E-state index is 0.115. The predicted octanol–water partition coefficient (Wildman–Crippen LogP) is 5.32. The summed E-state index contributed by atoms with van der Waals surface area (Å²) in [6.45, 7) is 0. The van der Waals surface area contributed by atoms with Crippen molar-refractivity contribution in [3.05, 3.63) is 96.4 Å². The van der Waals surface area contributed by atoms with Crippen LogP contribution in [-0.2, 0) is 9.59 Å². The van der Waals surface area contributed by atoms with Crippen molar-refractivity contribution < 1.29 is 14.7 Å². The summed E-state index contributed by atoms with van der Waals surface area (Å²) in [5.41, 5.74) is 7.38. The molecule has 8 heteroatoms. The number of amides is 1. The number of nitrogens with zero attached hydrogens (tertiary/aromatic N) is 4. The van der Waals surface area contributed by atoms with Gasteiger partial charge < -0.3 is 10.1 Å². The van der Waals surface area contributed by atoms with E-state index in [-0.39, 0.29) is 24.8 Å². The molecule has 0 bridgehead atoms. The summed E-state index contributed by atoms with van der Waals surface area (Å²) in [5, 5.41) is 16.3. The number of nitrogens with one attached hydrogen (secondary N) is 1. The molecule has 1 amide bonds. The van der Waals surface area contributed by atoms with Gasteiger partial charge in [-0.15, -0.1) is 0 Å². The Kier molecular flexibility index (Phi) is 5.69. The number of aromatic nitrogens is 3. The average molecular weight is 490 g/mol. The number of fused-ring (bicyclic) bond motifs is 2. The van der Waals surface area contributed by atoms with E-state index in [1.54, 1.807) is 12.4 Å². The largest absolute Gasteiger partial charge is 0.481 e. The van der Waals surface area contributed by atoms with Gasteiger partial charge in [0.05, 0.1) is 29.2 Å². The number of aliphatic carboxylic acids is 1. The number of H-pyrrole nitrogens is 1. The molecule has 0 radical (unpaired) electrons. The van der Waals surface area contributed by atoms with E-state index in [0.717, 1.165) is 49.9 Å². The van der Waals surface area contributed by atoms with Crippen LogP contribution < -0.4 is 0 Å². The lowest BCUT2D eigenvalue weighted by Gasteiger charge is -2.22. The van der Waals surface area contributed by atoms with Gasteiger partial charge in [0.2, 0.25) is 5.91 Å². The van der Waals surface area contributed by atoms with Gasteiger partial charge in [0.15, 0.2) is 0 Å². The standard InChI is InChI=1S/C29H23N5O3/c35-28(9-10-29(36)37)34-27(22-6-8-24-26(16-22)32-14-13-31-24)17-25(33-34)19-3-1-18(2-4-19)20-5-7-23-21(15-20)11-12-30-23/h1-8,11-16,27,30H,9-10,17H2,(H,36,37). The molecule has 6 rings (SSSR count). The summed E-state index contributed by atoms with van der Waals surface area (Å²) in [6, 6.07) is 21.9. The lowest BCUT2D eigenvalue weighted by molar-refractivity contribution is -0.141. The second-order valence-electron chi connectivity index (χ2n) is 9.06. The number of carboxylic acid groups (broad SMARTS) is 1. The van der Waals surface area contributed by atoms with Crippen LogP contribution in [0.2, 0.25) is 0 Å². The Bertz CT molecular complexity index is 1670. The van der Waals surface area contributed by atoms with Crippen LogP contribution in [0.1, 0.15) is 36.4 Å². The van der Waals surface area contributed by atoms with Crippen LogP contribution in [0.3, 0.4) is 0 Å². The molecule has 8 nitrogen and oxygen atoms in total. The first kappa shape index (κ1) is 22.6. The van der Waals surface area contributed by atoms with Crippen LogP contribution in [0.5, 0.6) is 0 Å². The molecule has 3 heterocycles. The summed E-state index contributed by atoms with van der Waals surface area (Å²) in [7, 11) is 0. The van der Waals surface area contributed by atoms with E-state index < -0.39 is 5.97 Å². The summed E-state index contributed by atoms with van der Waals surface area (Å²) < 4.78 is 0. The molecule has 2 N–H and O–H groups in total. The molecule has 0 aliphatic carbocycles. The zero-order valence-corrected chi connectivity index (χ0v) is 19.8. The number of carbonyl (C=O) groups is 2. The fourth-order valence-electron chi connectivity index (χ4n) is 4.78. The number of rotatable bonds is 6. The second-order valence-corrected chi connectivity index (χ2v) is 9.06. The van der Waals surface area contributed by atoms with Gasteiger partial charge >= 0.3 is 5.97 Å². The Balaban J connectivity index is 1.31. The highest BCUT2D eigenvalue weighted by molar-refractivity contribution is 6.03. The van der Waals surface area contributed by atoms with Crippen LogP contribution in [0.4, 0.5) is 0 Å². The Labute approximate surface area is 212 Å². The maximum Gasteiger partial charge on any atom is 0.303 e. The SMILES string of the molecule is O=C(O)CCC(=O)N1N=C(c2ccc(-c3ccc4[nH]ccc4c3)cc2)CC1c1ccc2nccnc2c1. The lowest BCUT2D eigenvalue weighted by atomic mass is 9.96. The molecule has 1 aliphatic heterocycles. The van der Waals surface area contributed by atoms with Gasteiger partial charge in [-0.25, -0.2) is 5.01 Å². The van der Waals surface area contributed by atoms with Crippen molar-refractivity contribution in [2.45, 2.75) is 25.3 Å². The van der Waals surface area contributed by atoms with Gasteiger partial charge in [0.25, 0.3) is 0 Å². The molecule has 0 fully saturated rings. The Hall–Kier alpha value is -4.85. The predicted molar refractivity (Wildman–Crippen MR) is 141 cm³/mol. The van der Waals surface area contributed by atoms with E-state index >= 15 is 0 Å². The number of carbonyl (C=O) groups excluding carboxylic acids is 1. The van der Waals surface area contributed by atoms with Crippen molar-refractivity contribution in [3.63, 3.8) is 0 Å². The van der Waals surface area contributed by atoms with Crippen LogP contribution in [0.15, 0.2) is 90.4 Å². The van der Waals surface area contributed by atoms with E-state index in [9.17, 15) is 9.59 Å². The summed E-state index contributed by atoms with van der Waals surface area (Å²) in [6.07, 6.45) is 5.36. The molecule has 1 unspecified atom stereocenters. The molecule has 37 heavy (non-hydrogen) atoms. The molecule has 0 saturated carbocycles. The molecule has 5 aromatic rings. The number of hydrogen-bond donors (Lipinski definition) is 2. The normalized spacial score (nSPS) is 15.3. The number of benzene rings is 3. The molecule has 1 atom stereocenters. The number of aromatic amines is 1. The first-order valence-electron chi connectivity index (χ1n) is 12.0. The first-order valence-corrected chi connectivity index (χ1v) is 12.0. The molecule has 3 aromatic carbocycles. The van der Waals surface area contributed by atoms with Gasteiger partial charge in [-0.1, -0.05) is 36.4 Å².